The normalized spacial score (nSPS) is 15.0. The molecular weight excluding hydrogens is 395 g/mol. The van der Waals surface area contributed by atoms with Crippen LogP contribution in [0.5, 0.6) is 11.5 Å². The zero-order valence-electron chi connectivity index (χ0n) is 14.9. The van der Waals surface area contributed by atoms with Gasteiger partial charge in [-0.05, 0) is 36.8 Å². The van der Waals surface area contributed by atoms with Crippen molar-refractivity contribution in [2.45, 2.75) is 19.5 Å². The second-order valence-corrected chi connectivity index (χ2v) is 8.42. The molecule has 1 aliphatic heterocycles. The van der Waals surface area contributed by atoms with Crippen LogP contribution in [-0.4, -0.2) is 33.0 Å². The minimum atomic E-state index is -3.87. The summed E-state index contributed by atoms with van der Waals surface area (Å²) >= 11 is 5.99. The maximum Gasteiger partial charge on any atom is 0.280 e. The van der Waals surface area contributed by atoms with E-state index < -0.39 is 22.1 Å². The Labute approximate surface area is 163 Å². The fourth-order valence-electron chi connectivity index (χ4n) is 2.70. The van der Waals surface area contributed by atoms with Crippen LogP contribution in [0.3, 0.4) is 0 Å². The molecule has 27 heavy (non-hydrogen) atoms. The van der Waals surface area contributed by atoms with Gasteiger partial charge in [-0.25, -0.2) is 4.39 Å². The number of nitrogens with zero attached hydrogens (tertiary/aromatic N) is 1. The highest BCUT2D eigenvalue weighted by molar-refractivity contribution is 7.87. The lowest BCUT2D eigenvalue weighted by atomic mass is 10.1. The van der Waals surface area contributed by atoms with Gasteiger partial charge < -0.3 is 9.47 Å². The molecule has 0 amide bonds. The zero-order chi connectivity index (χ0) is 19.6. The van der Waals surface area contributed by atoms with E-state index >= 15 is 0 Å². The Kier molecular flexibility index (Phi) is 5.90. The lowest BCUT2D eigenvalue weighted by molar-refractivity contribution is 0.171. The molecule has 3 rings (SSSR count). The lowest BCUT2D eigenvalue weighted by Crippen LogP contribution is -2.39. The summed E-state index contributed by atoms with van der Waals surface area (Å²) in [5.41, 5.74) is 0.846. The van der Waals surface area contributed by atoms with Crippen LogP contribution in [-0.2, 0) is 16.8 Å². The van der Waals surface area contributed by atoms with Crippen molar-refractivity contribution in [1.29, 1.82) is 0 Å². The van der Waals surface area contributed by atoms with E-state index in [0.717, 1.165) is 9.87 Å². The van der Waals surface area contributed by atoms with Crippen molar-refractivity contribution in [3.8, 4) is 11.5 Å². The van der Waals surface area contributed by atoms with Gasteiger partial charge in [-0.1, -0.05) is 23.7 Å². The van der Waals surface area contributed by atoms with E-state index in [4.69, 9.17) is 21.1 Å². The number of hydrogen-bond donors (Lipinski definition) is 1. The summed E-state index contributed by atoms with van der Waals surface area (Å²) in [7, 11) is -2.51. The monoisotopic (exact) mass is 414 g/mol. The molecule has 1 N–H and O–H groups in total. The number of fused-ring (bicyclic) bond motifs is 1. The van der Waals surface area contributed by atoms with E-state index in [-0.39, 0.29) is 17.1 Å². The van der Waals surface area contributed by atoms with Gasteiger partial charge in [-0.3, -0.25) is 0 Å². The molecule has 2 aromatic rings. The number of rotatable bonds is 6. The van der Waals surface area contributed by atoms with E-state index in [9.17, 15) is 12.8 Å². The number of nitrogens with one attached hydrogen (secondary N) is 1. The van der Waals surface area contributed by atoms with Crippen LogP contribution in [0.25, 0.3) is 0 Å². The van der Waals surface area contributed by atoms with Crippen molar-refractivity contribution in [2.24, 2.45) is 0 Å². The molecule has 0 aromatic heterocycles. The third kappa shape index (κ3) is 4.52. The second-order valence-electron chi connectivity index (χ2n) is 6.20. The van der Waals surface area contributed by atoms with Crippen LogP contribution < -0.4 is 14.2 Å². The van der Waals surface area contributed by atoms with Crippen LogP contribution in [0.1, 0.15) is 24.1 Å². The highest BCUT2D eigenvalue weighted by atomic mass is 35.5. The van der Waals surface area contributed by atoms with Crippen LogP contribution in [0.4, 0.5) is 4.39 Å². The zero-order valence-corrected chi connectivity index (χ0v) is 16.5. The molecule has 0 aliphatic carbocycles. The first-order valence-electron chi connectivity index (χ1n) is 8.34. The Balaban J connectivity index is 1.73. The second kappa shape index (κ2) is 8.02. The van der Waals surface area contributed by atoms with Gasteiger partial charge in [0.2, 0.25) is 0 Å². The summed E-state index contributed by atoms with van der Waals surface area (Å²) in [6.07, 6.45) is 0. The molecule has 9 heteroatoms. The number of halogens is 2. The highest BCUT2D eigenvalue weighted by Crippen LogP contribution is 2.32. The van der Waals surface area contributed by atoms with Crippen LogP contribution >= 0.6 is 11.6 Å². The summed E-state index contributed by atoms with van der Waals surface area (Å²) in [6, 6.07) is 8.97. The van der Waals surface area contributed by atoms with Crippen molar-refractivity contribution in [1.82, 2.24) is 9.03 Å². The van der Waals surface area contributed by atoms with Crippen molar-refractivity contribution in [2.75, 3.05) is 20.3 Å². The first-order chi connectivity index (χ1) is 12.8. The molecular formula is C18H20ClFN2O4S. The Hall–Kier alpha value is -1.87. The number of benzene rings is 2. The van der Waals surface area contributed by atoms with Gasteiger partial charge in [0.1, 0.15) is 19.0 Å². The molecule has 1 heterocycles. The predicted octanol–water partition coefficient (Wildman–Crippen LogP) is 3.28. The first kappa shape index (κ1) is 19.9. The average Bonchev–Trinajstić information content (AvgIpc) is 2.63. The smallest absolute Gasteiger partial charge is 0.280 e. The number of ether oxygens (including phenoxy) is 2. The van der Waals surface area contributed by atoms with Gasteiger partial charge in [0, 0.05) is 30.2 Å². The first-order valence-corrected chi connectivity index (χ1v) is 10.2. The fraction of sp³-hybridized carbons (Fsp3) is 0.333. The van der Waals surface area contributed by atoms with E-state index in [1.165, 1.54) is 25.2 Å². The lowest BCUT2D eigenvalue weighted by Gasteiger charge is -2.23. The fourth-order valence-corrected chi connectivity index (χ4v) is 3.99. The van der Waals surface area contributed by atoms with Gasteiger partial charge in [-0.15, -0.1) is 0 Å². The topological polar surface area (TPSA) is 67.9 Å². The van der Waals surface area contributed by atoms with Crippen molar-refractivity contribution in [3.63, 3.8) is 0 Å². The molecule has 146 valence electrons. The Morgan fingerprint density at radius 2 is 1.93 bits per heavy atom. The van der Waals surface area contributed by atoms with Crippen molar-refractivity contribution < 1.29 is 22.3 Å². The van der Waals surface area contributed by atoms with Gasteiger partial charge in [0.05, 0.1) is 0 Å². The third-order valence-electron chi connectivity index (χ3n) is 4.24. The molecule has 6 nitrogen and oxygen atoms in total. The summed E-state index contributed by atoms with van der Waals surface area (Å²) in [5, 5.41) is 0.178. The Morgan fingerprint density at radius 1 is 1.22 bits per heavy atom. The Morgan fingerprint density at radius 3 is 2.63 bits per heavy atom. The molecule has 2 aromatic carbocycles. The molecule has 1 aliphatic rings. The van der Waals surface area contributed by atoms with E-state index in [1.54, 1.807) is 25.1 Å². The summed E-state index contributed by atoms with van der Waals surface area (Å²) in [6.45, 7) is 2.46. The third-order valence-corrected chi connectivity index (χ3v) is 6.20. The van der Waals surface area contributed by atoms with Crippen molar-refractivity contribution in [3.05, 3.63) is 58.4 Å². The Bertz CT molecular complexity index is 919. The average molecular weight is 415 g/mol. The van der Waals surface area contributed by atoms with E-state index in [2.05, 4.69) is 4.72 Å². The molecule has 0 radical (unpaired) electrons. The molecule has 0 spiro atoms. The van der Waals surface area contributed by atoms with Crippen LogP contribution in [0, 0.1) is 5.82 Å². The summed E-state index contributed by atoms with van der Waals surface area (Å²) < 4.78 is 53.8. The number of hydrogen-bond acceptors (Lipinski definition) is 4. The summed E-state index contributed by atoms with van der Waals surface area (Å²) in [4.78, 5) is 0. The minimum absolute atomic E-state index is 0.124. The van der Waals surface area contributed by atoms with E-state index in [1.807, 2.05) is 0 Å². The summed E-state index contributed by atoms with van der Waals surface area (Å²) in [5.74, 6) is 0.659. The quantitative estimate of drug-likeness (QED) is 0.787. The predicted molar refractivity (Wildman–Crippen MR) is 101 cm³/mol. The SMILES string of the molecule is CC(NS(=O)(=O)N(C)Cc1c(F)cccc1Cl)c1ccc2c(c1)OCCO2. The molecule has 1 atom stereocenters. The van der Waals surface area contributed by atoms with Gasteiger partial charge in [0.15, 0.2) is 11.5 Å². The molecule has 0 fully saturated rings. The van der Waals surface area contributed by atoms with Crippen LogP contribution in [0.2, 0.25) is 5.02 Å². The van der Waals surface area contributed by atoms with Crippen molar-refractivity contribution >= 4 is 21.8 Å². The maximum absolute atomic E-state index is 13.9. The molecule has 0 saturated heterocycles. The van der Waals surface area contributed by atoms with Gasteiger partial charge in [0.25, 0.3) is 10.2 Å². The molecule has 0 bridgehead atoms. The highest BCUT2D eigenvalue weighted by Gasteiger charge is 2.24. The standard InChI is InChI=1S/C18H20ClFN2O4S/c1-12(13-6-7-17-18(10-13)26-9-8-25-17)21-27(23,24)22(2)11-14-15(19)4-3-5-16(14)20/h3-7,10,12,21H,8-9,11H2,1-2H3. The maximum atomic E-state index is 13.9. The van der Waals surface area contributed by atoms with Crippen LogP contribution in [0.15, 0.2) is 36.4 Å². The van der Waals surface area contributed by atoms with E-state index in [0.29, 0.717) is 24.7 Å². The minimum Gasteiger partial charge on any atom is -0.486 e. The van der Waals surface area contributed by atoms with Gasteiger partial charge in [-0.2, -0.15) is 17.4 Å². The van der Waals surface area contributed by atoms with Gasteiger partial charge >= 0.3 is 0 Å². The molecule has 1 unspecified atom stereocenters. The molecule has 0 saturated carbocycles. The largest absolute Gasteiger partial charge is 0.486 e.